The highest BCUT2D eigenvalue weighted by molar-refractivity contribution is 5.99. The number of hydrogen-bond donors (Lipinski definition) is 1. The van der Waals surface area contributed by atoms with Crippen LogP contribution in [0.15, 0.2) is 48.8 Å². The van der Waals surface area contributed by atoms with Crippen molar-refractivity contribution in [3.8, 4) is 11.5 Å². The van der Waals surface area contributed by atoms with E-state index in [9.17, 15) is 10.1 Å². The number of likely N-dealkylation sites (N-methyl/N-ethyl adjacent to an activating group) is 1. The summed E-state index contributed by atoms with van der Waals surface area (Å²) in [5, 5.41) is 16.0. The normalized spacial score (nSPS) is 12.0. The van der Waals surface area contributed by atoms with Crippen molar-refractivity contribution in [2.75, 3.05) is 40.2 Å². The van der Waals surface area contributed by atoms with E-state index in [4.69, 9.17) is 9.47 Å². The van der Waals surface area contributed by atoms with Crippen molar-refractivity contribution in [1.82, 2.24) is 9.88 Å². The highest BCUT2D eigenvalue weighted by Crippen LogP contribution is 2.33. The topological polar surface area (TPSA) is 89.8 Å². The summed E-state index contributed by atoms with van der Waals surface area (Å²) < 4.78 is 10.8. The standard InChI is InChI=1S/C21H24N4O4/c1-24(2)19(14-5-8-20(28-3)21(11-14)29-4)13-23-17-6-7-18(25(26)27)16-12-22-10-9-15(16)17/h5-12,19,23H,13H2,1-4H3/t19-/m1/s1. The predicted octanol–water partition coefficient (Wildman–Crippen LogP) is 3.88. The SMILES string of the molecule is COc1ccc([C@@H](CNc2ccc([N+](=O)[O-])c3cnccc23)N(C)C)cc1OC. The number of nitrogens with one attached hydrogen (secondary N) is 1. The number of anilines is 1. The van der Waals surface area contributed by atoms with Crippen LogP contribution in [0, 0.1) is 10.1 Å². The molecule has 3 rings (SSSR count). The van der Waals surface area contributed by atoms with Gasteiger partial charge in [0.25, 0.3) is 5.69 Å². The van der Waals surface area contributed by atoms with Crippen LogP contribution in [0.3, 0.4) is 0 Å². The summed E-state index contributed by atoms with van der Waals surface area (Å²) in [5.41, 5.74) is 1.93. The summed E-state index contributed by atoms with van der Waals surface area (Å²) in [6.07, 6.45) is 3.16. The van der Waals surface area contributed by atoms with Crippen LogP contribution in [0.1, 0.15) is 11.6 Å². The van der Waals surface area contributed by atoms with Gasteiger partial charge in [-0.05, 0) is 43.9 Å². The molecule has 0 spiro atoms. The zero-order valence-corrected chi connectivity index (χ0v) is 16.9. The van der Waals surface area contributed by atoms with Crippen LogP contribution in [0.4, 0.5) is 11.4 Å². The van der Waals surface area contributed by atoms with Gasteiger partial charge in [-0.3, -0.25) is 15.1 Å². The molecule has 0 aliphatic carbocycles. The Hall–Kier alpha value is -3.39. The minimum absolute atomic E-state index is 0.0434. The van der Waals surface area contributed by atoms with E-state index in [0.717, 1.165) is 16.6 Å². The number of aromatic nitrogens is 1. The number of fused-ring (bicyclic) bond motifs is 1. The third kappa shape index (κ3) is 4.22. The molecule has 0 saturated heterocycles. The van der Waals surface area contributed by atoms with Crippen molar-refractivity contribution in [3.63, 3.8) is 0 Å². The number of methoxy groups -OCH3 is 2. The van der Waals surface area contributed by atoms with Crippen LogP contribution in [0.5, 0.6) is 11.5 Å². The molecule has 3 aromatic rings. The lowest BCUT2D eigenvalue weighted by molar-refractivity contribution is -0.383. The van der Waals surface area contributed by atoms with E-state index in [1.54, 1.807) is 32.5 Å². The summed E-state index contributed by atoms with van der Waals surface area (Å²) in [6.45, 7) is 0.595. The van der Waals surface area contributed by atoms with Crippen molar-refractivity contribution < 1.29 is 14.4 Å². The first-order valence-corrected chi connectivity index (χ1v) is 9.09. The lowest BCUT2D eigenvalue weighted by Gasteiger charge is -2.26. The molecule has 1 heterocycles. The van der Waals surface area contributed by atoms with Gasteiger partial charge in [0.15, 0.2) is 11.5 Å². The summed E-state index contributed by atoms with van der Waals surface area (Å²) in [6, 6.07) is 10.9. The predicted molar refractivity (Wildman–Crippen MR) is 113 cm³/mol. The molecule has 152 valence electrons. The number of nitrogens with zero attached hydrogens (tertiary/aromatic N) is 3. The monoisotopic (exact) mass is 396 g/mol. The van der Waals surface area contributed by atoms with Crippen molar-refractivity contribution in [2.45, 2.75) is 6.04 Å². The summed E-state index contributed by atoms with van der Waals surface area (Å²) >= 11 is 0. The maximum atomic E-state index is 11.3. The van der Waals surface area contributed by atoms with Gasteiger partial charge in [-0.2, -0.15) is 0 Å². The van der Waals surface area contributed by atoms with E-state index in [2.05, 4.69) is 15.2 Å². The molecule has 0 unspecified atom stereocenters. The number of non-ortho nitro benzene ring substituents is 1. The Morgan fingerprint density at radius 1 is 1.10 bits per heavy atom. The molecule has 29 heavy (non-hydrogen) atoms. The number of ether oxygens (including phenoxy) is 2. The molecular weight excluding hydrogens is 372 g/mol. The van der Waals surface area contributed by atoms with Gasteiger partial charge in [-0.15, -0.1) is 0 Å². The fraction of sp³-hybridized carbons (Fsp3) is 0.286. The molecule has 0 saturated carbocycles. The van der Waals surface area contributed by atoms with Crippen LogP contribution >= 0.6 is 0 Å². The lowest BCUT2D eigenvalue weighted by Crippen LogP contribution is -2.27. The highest BCUT2D eigenvalue weighted by Gasteiger charge is 2.19. The molecule has 1 aromatic heterocycles. The van der Waals surface area contributed by atoms with Gasteiger partial charge in [0.1, 0.15) is 0 Å². The molecular formula is C21H24N4O4. The average molecular weight is 396 g/mol. The van der Waals surface area contributed by atoms with Crippen LogP contribution < -0.4 is 14.8 Å². The minimum atomic E-state index is -0.389. The minimum Gasteiger partial charge on any atom is -0.493 e. The van der Waals surface area contributed by atoms with Crippen LogP contribution in [0.25, 0.3) is 10.8 Å². The van der Waals surface area contributed by atoms with E-state index >= 15 is 0 Å². The molecule has 8 nitrogen and oxygen atoms in total. The van der Waals surface area contributed by atoms with E-state index < -0.39 is 0 Å². The molecule has 0 amide bonds. The van der Waals surface area contributed by atoms with Crippen molar-refractivity contribution in [2.24, 2.45) is 0 Å². The molecule has 8 heteroatoms. The Morgan fingerprint density at radius 2 is 1.86 bits per heavy atom. The summed E-state index contributed by atoms with van der Waals surface area (Å²) in [4.78, 5) is 17.1. The second-order valence-corrected chi connectivity index (χ2v) is 6.79. The molecule has 0 aliphatic heterocycles. The first-order chi connectivity index (χ1) is 14.0. The second kappa shape index (κ2) is 8.74. The fourth-order valence-electron chi connectivity index (χ4n) is 3.35. The molecule has 0 radical (unpaired) electrons. The molecule has 0 fully saturated rings. The Bertz CT molecular complexity index is 1020. The molecule has 0 bridgehead atoms. The van der Waals surface area contributed by atoms with Crippen LogP contribution in [-0.4, -0.2) is 49.7 Å². The maximum Gasteiger partial charge on any atom is 0.278 e. The molecule has 1 atom stereocenters. The average Bonchev–Trinajstić information content (AvgIpc) is 2.73. The van der Waals surface area contributed by atoms with Crippen molar-refractivity contribution >= 4 is 22.1 Å². The van der Waals surface area contributed by atoms with Crippen molar-refractivity contribution in [1.29, 1.82) is 0 Å². The van der Waals surface area contributed by atoms with Gasteiger partial charge in [-0.25, -0.2) is 0 Å². The first-order valence-electron chi connectivity index (χ1n) is 9.09. The van der Waals surface area contributed by atoms with Gasteiger partial charge in [0.05, 0.1) is 30.6 Å². The number of pyridine rings is 1. The number of benzene rings is 2. The van der Waals surface area contributed by atoms with E-state index in [1.807, 2.05) is 32.3 Å². The lowest BCUT2D eigenvalue weighted by atomic mass is 10.0. The molecule has 0 aliphatic rings. The summed E-state index contributed by atoms with van der Waals surface area (Å²) in [7, 11) is 7.22. The smallest absolute Gasteiger partial charge is 0.278 e. The zero-order valence-electron chi connectivity index (χ0n) is 16.9. The Morgan fingerprint density at radius 3 is 2.52 bits per heavy atom. The van der Waals surface area contributed by atoms with Crippen molar-refractivity contribution in [3.05, 3.63) is 64.5 Å². The first kappa shape index (κ1) is 20.3. The van der Waals surface area contributed by atoms with Crippen LogP contribution in [-0.2, 0) is 0 Å². The zero-order chi connectivity index (χ0) is 21.0. The number of hydrogen-bond acceptors (Lipinski definition) is 7. The third-order valence-electron chi connectivity index (χ3n) is 4.89. The van der Waals surface area contributed by atoms with Gasteiger partial charge in [0.2, 0.25) is 0 Å². The van der Waals surface area contributed by atoms with Gasteiger partial charge in [0, 0.05) is 36.1 Å². The largest absolute Gasteiger partial charge is 0.493 e. The Labute approximate surface area is 169 Å². The van der Waals surface area contributed by atoms with Gasteiger partial charge in [-0.1, -0.05) is 6.07 Å². The fourth-order valence-corrected chi connectivity index (χ4v) is 3.35. The van der Waals surface area contributed by atoms with E-state index in [0.29, 0.717) is 23.4 Å². The van der Waals surface area contributed by atoms with E-state index in [-0.39, 0.29) is 16.7 Å². The highest BCUT2D eigenvalue weighted by atomic mass is 16.6. The van der Waals surface area contributed by atoms with E-state index in [1.165, 1.54) is 12.3 Å². The third-order valence-corrected chi connectivity index (χ3v) is 4.89. The summed E-state index contributed by atoms with van der Waals surface area (Å²) in [5.74, 6) is 1.35. The molecule has 2 aromatic carbocycles. The van der Waals surface area contributed by atoms with Crippen LogP contribution in [0.2, 0.25) is 0 Å². The van der Waals surface area contributed by atoms with Gasteiger partial charge >= 0.3 is 0 Å². The number of nitro groups is 1. The number of nitro benzene ring substituents is 1. The Balaban J connectivity index is 1.91. The number of rotatable bonds is 8. The van der Waals surface area contributed by atoms with Gasteiger partial charge < -0.3 is 19.7 Å². The quantitative estimate of drug-likeness (QED) is 0.456. The Kier molecular flexibility index (Phi) is 6.13. The second-order valence-electron chi connectivity index (χ2n) is 6.79. The molecule has 1 N–H and O–H groups in total. The maximum absolute atomic E-state index is 11.3.